The van der Waals surface area contributed by atoms with Crippen molar-refractivity contribution in [2.75, 3.05) is 86.8 Å². The lowest BCUT2D eigenvalue weighted by Gasteiger charge is -2.35. The molecular weight excluding hydrogens is 1080 g/mol. The van der Waals surface area contributed by atoms with Crippen LogP contribution < -0.4 is 30.7 Å². The molecule has 9 aromatic rings. The number of carbonyl (C=O) groups is 2. The highest BCUT2D eigenvalue weighted by atomic mass is 35.5. The number of benzene rings is 5. The van der Waals surface area contributed by atoms with Crippen LogP contribution in [0, 0.1) is 11.6 Å². The van der Waals surface area contributed by atoms with E-state index in [0.29, 0.717) is 113 Å². The van der Waals surface area contributed by atoms with E-state index in [-0.39, 0.29) is 60.4 Å². The van der Waals surface area contributed by atoms with Crippen molar-refractivity contribution in [2.45, 2.75) is 25.2 Å². The Labute approximate surface area is 466 Å². The van der Waals surface area contributed by atoms with Crippen LogP contribution >= 0.6 is 45.9 Å². The summed E-state index contributed by atoms with van der Waals surface area (Å²) in [6, 6.07) is 37.0. The number of thiazole rings is 2. The van der Waals surface area contributed by atoms with Gasteiger partial charge in [0, 0.05) is 74.2 Å². The zero-order valence-corrected chi connectivity index (χ0v) is 45.3. The monoisotopic (exact) mass is 1130 g/mol. The van der Waals surface area contributed by atoms with Crippen molar-refractivity contribution < 1.29 is 27.8 Å². The number of rotatable bonds is 14. The molecule has 0 radical (unpaired) electrons. The number of nitrogen functional groups attached to an aromatic ring is 2. The molecule has 0 aliphatic carbocycles. The highest BCUT2D eigenvalue weighted by Gasteiger charge is 2.29. The lowest BCUT2D eigenvalue weighted by molar-refractivity contribution is -0.134. The summed E-state index contributed by atoms with van der Waals surface area (Å²) in [5.74, 6) is 2.00. The summed E-state index contributed by atoms with van der Waals surface area (Å²) in [4.78, 5) is 62.4. The Bertz CT molecular complexity index is 3510. The van der Waals surface area contributed by atoms with E-state index in [2.05, 4.69) is 41.9 Å². The molecule has 11 rings (SSSR count). The van der Waals surface area contributed by atoms with Crippen LogP contribution in [0.4, 0.5) is 32.3 Å². The van der Waals surface area contributed by atoms with Gasteiger partial charge in [-0.25, -0.2) is 28.7 Å². The van der Waals surface area contributed by atoms with Crippen molar-refractivity contribution in [1.82, 2.24) is 39.7 Å². The summed E-state index contributed by atoms with van der Waals surface area (Å²) in [6.45, 7) is 6.31. The van der Waals surface area contributed by atoms with E-state index in [4.69, 9.17) is 54.1 Å². The van der Waals surface area contributed by atoms with Crippen LogP contribution in [0.1, 0.15) is 45.5 Å². The summed E-state index contributed by atoms with van der Waals surface area (Å²) < 4.78 is 38.4. The first-order chi connectivity index (χ1) is 37.8. The SMILES string of the molecule is CC(c1ccc(F)cc1)c1nc2c(N3CCN(C(=O)COc4ccc(Cl)cc4)CC3)nc(N)nc2s1.Nc1nc(N2CCN(C(=O)COc3ccc(Cl)cc3)CC2)c2nc(C(Cc3ccccc3)c3ccc(F)cc3)sc2n1. The number of aromatic nitrogens is 6. The Morgan fingerprint density at radius 3 is 1.44 bits per heavy atom. The average molecular weight is 1130 g/mol. The largest absolute Gasteiger partial charge is 0.484 e. The van der Waals surface area contributed by atoms with Gasteiger partial charge in [0.1, 0.15) is 44.2 Å². The molecule has 2 aliphatic heterocycles. The number of hydrogen-bond donors (Lipinski definition) is 2. The smallest absolute Gasteiger partial charge is 0.260 e. The highest BCUT2D eigenvalue weighted by Crippen LogP contribution is 2.38. The van der Waals surface area contributed by atoms with Crippen molar-refractivity contribution in [3.8, 4) is 11.5 Å². The standard InChI is InChI=1S/C31H28ClFN6O2S.C25H24ClFN6O2S/c32-22-8-12-24(13-9-22)41-19-26(40)38-14-16-39(17-15-38)28-27-30(37-31(34)36-28)42-29(35-27)25(18-20-4-2-1-3-5-20)21-6-10-23(33)11-7-21;1-15(16-2-6-18(27)7-3-16)23-29-21-22(30-25(28)31-24(21)36-23)33-12-10-32(11-13-33)20(34)14-35-19-8-4-17(26)5-9-19/h1-13,25H,14-19H2,(H2,34,36,37);2-9,15H,10-14H2,1H3,(H2,28,30,31). The molecule has 0 saturated carbocycles. The van der Waals surface area contributed by atoms with Gasteiger partial charge in [-0.2, -0.15) is 9.97 Å². The maximum atomic E-state index is 13.8. The Balaban J connectivity index is 0.000000179. The molecule has 0 bridgehead atoms. The maximum absolute atomic E-state index is 13.8. The Kier molecular flexibility index (Phi) is 16.7. The van der Waals surface area contributed by atoms with Gasteiger partial charge in [-0.15, -0.1) is 0 Å². The Morgan fingerprint density at radius 1 is 0.551 bits per heavy atom. The number of carbonyl (C=O) groups excluding carboxylic acids is 2. The van der Waals surface area contributed by atoms with Gasteiger partial charge in [-0.3, -0.25) is 9.59 Å². The minimum atomic E-state index is -0.281. The average Bonchev–Trinajstić information content (AvgIpc) is 4.26. The Morgan fingerprint density at radius 2 is 0.974 bits per heavy atom. The number of nitrogens with two attached hydrogens (primary N) is 2. The zero-order chi connectivity index (χ0) is 54.3. The number of nitrogens with zero attached hydrogens (tertiary/aromatic N) is 10. The third-order valence-corrected chi connectivity index (χ3v) is 16.1. The molecule has 400 valence electrons. The van der Waals surface area contributed by atoms with Crippen LogP contribution in [0.15, 0.2) is 127 Å². The second kappa shape index (κ2) is 24.3. The second-order valence-electron chi connectivity index (χ2n) is 18.5. The molecule has 16 nitrogen and oxygen atoms in total. The predicted octanol–water partition coefficient (Wildman–Crippen LogP) is 9.90. The van der Waals surface area contributed by atoms with Crippen molar-refractivity contribution in [3.05, 3.63) is 176 Å². The molecule has 78 heavy (non-hydrogen) atoms. The van der Waals surface area contributed by atoms with E-state index in [1.165, 1.54) is 46.9 Å². The van der Waals surface area contributed by atoms with E-state index in [1.807, 2.05) is 37.3 Å². The molecule has 2 amide bonds. The summed E-state index contributed by atoms with van der Waals surface area (Å²) >= 11 is 14.7. The number of halogens is 4. The molecule has 2 aliphatic rings. The molecule has 2 saturated heterocycles. The van der Waals surface area contributed by atoms with Crippen LogP contribution in [0.2, 0.25) is 10.0 Å². The molecule has 22 heteroatoms. The number of anilines is 4. The zero-order valence-electron chi connectivity index (χ0n) is 42.1. The fraction of sp³-hybridized carbons (Fsp3) is 0.250. The van der Waals surface area contributed by atoms with Crippen molar-refractivity contribution in [1.29, 1.82) is 0 Å². The van der Waals surface area contributed by atoms with Crippen molar-refractivity contribution >= 4 is 102 Å². The quantitative estimate of drug-likeness (QED) is 0.104. The predicted molar refractivity (Wildman–Crippen MR) is 303 cm³/mol. The molecule has 4 aromatic heterocycles. The first-order valence-corrected chi connectivity index (χ1v) is 27.4. The van der Waals surface area contributed by atoms with Crippen molar-refractivity contribution in [3.63, 3.8) is 0 Å². The topological polar surface area (TPSA) is 195 Å². The van der Waals surface area contributed by atoms with Crippen LogP contribution in [0.5, 0.6) is 11.5 Å². The normalized spacial score (nSPS) is 14.5. The van der Waals surface area contributed by atoms with E-state index in [0.717, 1.165) is 26.7 Å². The van der Waals surface area contributed by atoms with E-state index in [1.54, 1.807) is 70.5 Å². The minimum Gasteiger partial charge on any atom is -0.484 e. The summed E-state index contributed by atoms with van der Waals surface area (Å²) in [7, 11) is 0. The molecule has 2 atom stereocenters. The first kappa shape index (κ1) is 53.6. The van der Waals surface area contributed by atoms with Crippen LogP contribution in [0.3, 0.4) is 0 Å². The van der Waals surface area contributed by atoms with Crippen LogP contribution in [-0.4, -0.2) is 117 Å². The van der Waals surface area contributed by atoms with Gasteiger partial charge in [0.05, 0.1) is 0 Å². The van der Waals surface area contributed by atoms with Gasteiger partial charge in [-0.1, -0.05) is 107 Å². The minimum absolute atomic E-state index is 0.0333. The van der Waals surface area contributed by atoms with Gasteiger partial charge in [0.2, 0.25) is 11.9 Å². The van der Waals surface area contributed by atoms with Crippen LogP contribution in [0.25, 0.3) is 20.7 Å². The molecule has 2 unspecified atom stereocenters. The lowest BCUT2D eigenvalue weighted by Crippen LogP contribution is -2.50. The third kappa shape index (κ3) is 13.0. The number of amides is 2. The summed E-state index contributed by atoms with van der Waals surface area (Å²) in [6.07, 6.45) is 0.698. The number of hydrogen-bond acceptors (Lipinski definition) is 16. The van der Waals surface area contributed by atoms with Gasteiger partial charge in [-0.05, 0) is 95.9 Å². The lowest BCUT2D eigenvalue weighted by atomic mass is 9.92. The van der Waals surface area contributed by atoms with E-state index < -0.39 is 0 Å². The molecule has 0 spiro atoms. The van der Waals surface area contributed by atoms with Gasteiger partial charge in [0.25, 0.3) is 11.8 Å². The molecule has 6 heterocycles. The first-order valence-electron chi connectivity index (χ1n) is 25.0. The second-order valence-corrected chi connectivity index (χ2v) is 21.4. The van der Waals surface area contributed by atoms with E-state index >= 15 is 0 Å². The summed E-state index contributed by atoms with van der Waals surface area (Å²) in [5, 5.41) is 2.93. The van der Waals surface area contributed by atoms with Gasteiger partial charge < -0.3 is 40.5 Å². The fourth-order valence-corrected chi connectivity index (χ4v) is 11.5. The molecule has 4 N–H and O–H groups in total. The highest BCUT2D eigenvalue weighted by molar-refractivity contribution is 7.18. The van der Waals surface area contributed by atoms with Gasteiger partial charge in [0.15, 0.2) is 34.5 Å². The maximum Gasteiger partial charge on any atom is 0.260 e. The number of fused-ring (bicyclic) bond motifs is 2. The fourth-order valence-electron chi connectivity index (χ4n) is 9.11. The van der Waals surface area contributed by atoms with Crippen LogP contribution in [-0.2, 0) is 16.0 Å². The number of ether oxygens (including phenoxy) is 2. The van der Waals surface area contributed by atoms with Gasteiger partial charge >= 0.3 is 0 Å². The molecule has 5 aromatic carbocycles. The third-order valence-electron chi connectivity index (χ3n) is 13.4. The van der Waals surface area contributed by atoms with E-state index in [9.17, 15) is 18.4 Å². The Hall–Kier alpha value is -7.78. The number of piperazine rings is 2. The molecular formula is C56H52Cl2F2N12O4S2. The van der Waals surface area contributed by atoms with Crippen molar-refractivity contribution in [2.24, 2.45) is 0 Å². The molecule has 2 fully saturated rings. The summed E-state index contributed by atoms with van der Waals surface area (Å²) in [5.41, 5.74) is 16.6.